The molecule has 1 heterocycles. The Balaban J connectivity index is 2.08. The van der Waals surface area contributed by atoms with Crippen molar-refractivity contribution in [3.63, 3.8) is 0 Å². The van der Waals surface area contributed by atoms with Gasteiger partial charge in [-0.25, -0.2) is 4.39 Å². The molecule has 116 valence electrons. The minimum Gasteiger partial charge on any atom is -0.304 e. The molecule has 0 bridgehead atoms. The highest BCUT2D eigenvalue weighted by molar-refractivity contribution is 5.59. The molecule has 0 aliphatic rings. The van der Waals surface area contributed by atoms with Crippen molar-refractivity contribution in [3.05, 3.63) is 93.5 Å². The fourth-order valence-corrected chi connectivity index (χ4v) is 2.90. The topological polar surface area (TPSA) is 22.0 Å². The lowest BCUT2D eigenvalue weighted by Gasteiger charge is -2.14. The Morgan fingerprint density at radius 2 is 1.57 bits per heavy atom. The first kappa shape index (κ1) is 15.2. The Labute approximate surface area is 134 Å². The lowest BCUT2D eigenvalue weighted by Crippen LogP contribution is -2.21. The van der Waals surface area contributed by atoms with Crippen LogP contribution in [0.1, 0.15) is 16.7 Å². The summed E-state index contributed by atoms with van der Waals surface area (Å²) in [6.07, 6.45) is 0. The first-order valence-corrected chi connectivity index (χ1v) is 7.56. The van der Waals surface area contributed by atoms with Gasteiger partial charge in [-0.2, -0.15) is 0 Å². The van der Waals surface area contributed by atoms with Crippen LogP contribution in [0.15, 0.2) is 65.5 Å². The fraction of sp³-hybridized carbons (Fsp3) is 0.150. The van der Waals surface area contributed by atoms with E-state index in [1.807, 2.05) is 19.9 Å². The second-order valence-corrected chi connectivity index (χ2v) is 5.84. The number of hydrogen-bond acceptors (Lipinski definition) is 1. The van der Waals surface area contributed by atoms with Crippen molar-refractivity contribution in [1.29, 1.82) is 0 Å². The van der Waals surface area contributed by atoms with Crippen LogP contribution in [-0.4, -0.2) is 4.57 Å². The zero-order valence-corrected chi connectivity index (χ0v) is 13.2. The Hall–Kier alpha value is -2.68. The second kappa shape index (κ2) is 6.21. The van der Waals surface area contributed by atoms with Crippen LogP contribution in [0.5, 0.6) is 0 Å². The molecule has 0 aliphatic carbocycles. The van der Waals surface area contributed by atoms with Gasteiger partial charge >= 0.3 is 0 Å². The first-order valence-electron chi connectivity index (χ1n) is 7.56. The van der Waals surface area contributed by atoms with E-state index < -0.39 is 0 Å². The second-order valence-electron chi connectivity index (χ2n) is 5.84. The summed E-state index contributed by atoms with van der Waals surface area (Å²) >= 11 is 0. The third kappa shape index (κ3) is 3.39. The highest BCUT2D eigenvalue weighted by Gasteiger charge is 2.08. The van der Waals surface area contributed by atoms with Crippen molar-refractivity contribution < 1.29 is 4.39 Å². The maximum Gasteiger partial charge on any atom is 0.251 e. The molecule has 3 rings (SSSR count). The van der Waals surface area contributed by atoms with E-state index in [-0.39, 0.29) is 11.4 Å². The van der Waals surface area contributed by atoms with Gasteiger partial charge in [-0.05, 0) is 55.3 Å². The number of nitrogens with zero attached hydrogens (tertiary/aromatic N) is 1. The van der Waals surface area contributed by atoms with Gasteiger partial charge in [0.05, 0.1) is 12.2 Å². The summed E-state index contributed by atoms with van der Waals surface area (Å²) in [6, 6.07) is 17.7. The molecule has 0 spiro atoms. The smallest absolute Gasteiger partial charge is 0.251 e. The number of pyridine rings is 1. The van der Waals surface area contributed by atoms with E-state index in [0.717, 1.165) is 16.8 Å². The van der Waals surface area contributed by atoms with E-state index in [1.54, 1.807) is 28.8 Å². The normalized spacial score (nSPS) is 10.7. The summed E-state index contributed by atoms with van der Waals surface area (Å²) in [4.78, 5) is 12.3. The van der Waals surface area contributed by atoms with Gasteiger partial charge in [0, 0.05) is 6.07 Å². The van der Waals surface area contributed by atoms with E-state index in [9.17, 15) is 9.18 Å². The third-order valence-corrected chi connectivity index (χ3v) is 3.81. The zero-order chi connectivity index (χ0) is 16.4. The highest BCUT2D eigenvalue weighted by Crippen LogP contribution is 2.20. The maximum atomic E-state index is 13.1. The largest absolute Gasteiger partial charge is 0.304 e. The van der Waals surface area contributed by atoms with Crippen molar-refractivity contribution in [1.82, 2.24) is 4.57 Å². The minimum atomic E-state index is -0.284. The number of rotatable bonds is 3. The molecule has 0 atom stereocenters. The van der Waals surface area contributed by atoms with Crippen LogP contribution in [0.2, 0.25) is 0 Å². The predicted molar refractivity (Wildman–Crippen MR) is 91.1 cm³/mol. The fourth-order valence-electron chi connectivity index (χ4n) is 2.90. The first-order chi connectivity index (χ1) is 11.0. The summed E-state index contributed by atoms with van der Waals surface area (Å²) in [5, 5.41) is 0. The number of aromatic nitrogens is 1. The Morgan fingerprint density at radius 1 is 0.913 bits per heavy atom. The highest BCUT2D eigenvalue weighted by atomic mass is 19.1. The number of aryl methyl sites for hydroxylation is 2. The van der Waals surface area contributed by atoms with Gasteiger partial charge < -0.3 is 4.57 Å². The lowest BCUT2D eigenvalue weighted by molar-refractivity contribution is 0.628. The van der Waals surface area contributed by atoms with Gasteiger partial charge in [0.2, 0.25) is 0 Å². The molecule has 0 amide bonds. The molecule has 0 fully saturated rings. The standard InChI is InChI=1S/C20H18FNO/c1-14-10-15(2)12-16(11-14)13-22-19(4-3-5-20(22)23)17-6-8-18(21)9-7-17/h3-12H,13H2,1-2H3. The summed E-state index contributed by atoms with van der Waals surface area (Å²) in [6.45, 7) is 4.59. The van der Waals surface area contributed by atoms with Gasteiger partial charge in [-0.1, -0.05) is 35.4 Å². The van der Waals surface area contributed by atoms with Crippen LogP contribution in [0.25, 0.3) is 11.3 Å². The average Bonchev–Trinajstić information content (AvgIpc) is 2.49. The van der Waals surface area contributed by atoms with Crippen molar-refractivity contribution in [2.75, 3.05) is 0 Å². The molecule has 3 heteroatoms. The Kier molecular flexibility index (Phi) is 4.11. The minimum absolute atomic E-state index is 0.0639. The average molecular weight is 307 g/mol. The molecule has 23 heavy (non-hydrogen) atoms. The zero-order valence-electron chi connectivity index (χ0n) is 13.2. The summed E-state index contributed by atoms with van der Waals surface area (Å²) in [7, 11) is 0. The molecule has 0 radical (unpaired) electrons. The quantitative estimate of drug-likeness (QED) is 0.706. The van der Waals surface area contributed by atoms with Crippen LogP contribution in [0.4, 0.5) is 4.39 Å². The van der Waals surface area contributed by atoms with Gasteiger partial charge in [-0.3, -0.25) is 4.79 Å². The summed E-state index contributed by atoms with van der Waals surface area (Å²) in [5.41, 5.74) is 4.98. The molecule has 3 aromatic rings. The van der Waals surface area contributed by atoms with Crippen LogP contribution in [0, 0.1) is 19.7 Å². The molecule has 0 unspecified atom stereocenters. The predicted octanol–water partition coefficient (Wildman–Crippen LogP) is 4.32. The summed E-state index contributed by atoms with van der Waals surface area (Å²) < 4.78 is 14.9. The molecule has 2 aromatic carbocycles. The number of halogens is 1. The van der Waals surface area contributed by atoms with Crippen molar-refractivity contribution in [2.45, 2.75) is 20.4 Å². The van der Waals surface area contributed by atoms with E-state index in [0.29, 0.717) is 6.54 Å². The third-order valence-electron chi connectivity index (χ3n) is 3.81. The van der Waals surface area contributed by atoms with Crippen molar-refractivity contribution in [3.8, 4) is 11.3 Å². The Morgan fingerprint density at radius 3 is 2.22 bits per heavy atom. The van der Waals surface area contributed by atoms with Gasteiger partial charge in [0.1, 0.15) is 5.82 Å². The Bertz CT molecular complexity index is 874. The van der Waals surface area contributed by atoms with Gasteiger partial charge in [0.25, 0.3) is 5.56 Å². The van der Waals surface area contributed by atoms with Crippen LogP contribution in [0.3, 0.4) is 0 Å². The van der Waals surface area contributed by atoms with E-state index in [1.165, 1.54) is 23.3 Å². The van der Waals surface area contributed by atoms with Crippen LogP contribution < -0.4 is 5.56 Å². The molecule has 0 N–H and O–H groups in total. The molecule has 0 aliphatic heterocycles. The monoisotopic (exact) mass is 307 g/mol. The van der Waals surface area contributed by atoms with Gasteiger partial charge in [0.15, 0.2) is 0 Å². The van der Waals surface area contributed by atoms with Crippen molar-refractivity contribution >= 4 is 0 Å². The summed E-state index contributed by atoms with van der Waals surface area (Å²) in [5.74, 6) is -0.284. The molecular formula is C20H18FNO. The van der Waals surface area contributed by atoms with Gasteiger partial charge in [-0.15, -0.1) is 0 Å². The molecular weight excluding hydrogens is 289 g/mol. The number of hydrogen-bond donors (Lipinski definition) is 0. The van der Waals surface area contributed by atoms with Crippen molar-refractivity contribution in [2.24, 2.45) is 0 Å². The van der Waals surface area contributed by atoms with E-state index in [4.69, 9.17) is 0 Å². The van der Waals surface area contributed by atoms with E-state index in [2.05, 4.69) is 18.2 Å². The number of benzene rings is 2. The van der Waals surface area contributed by atoms with Crippen LogP contribution >= 0.6 is 0 Å². The molecule has 0 saturated carbocycles. The SMILES string of the molecule is Cc1cc(C)cc(Cn2c(-c3ccc(F)cc3)cccc2=O)c1. The van der Waals surface area contributed by atoms with E-state index >= 15 is 0 Å². The molecule has 2 nitrogen and oxygen atoms in total. The lowest BCUT2D eigenvalue weighted by atomic mass is 10.1. The maximum absolute atomic E-state index is 13.1. The molecule has 0 saturated heterocycles. The van der Waals surface area contributed by atoms with Crippen LogP contribution in [-0.2, 0) is 6.54 Å². The molecule has 1 aromatic heterocycles.